The van der Waals surface area contributed by atoms with Crippen molar-refractivity contribution in [3.05, 3.63) is 40.1 Å². The van der Waals surface area contributed by atoms with Gasteiger partial charge in [0.1, 0.15) is 10.6 Å². The van der Waals surface area contributed by atoms with Gasteiger partial charge in [0.2, 0.25) is 0 Å². The van der Waals surface area contributed by atoms with Crippen LogP contribution in [0, 0.1) is 12.8 Å². The maximum atomic E-state index is 12.1. The molecule has 0 fully saturated rings. The van der Waals surface area contributed by atoms with Crippen LogP contribution in [0.2, 0.25) is 0 Å². The van der Waals surface area contributed by atoms with Crippen LogP contribution in [0.4, 0.5) is 0 Å². The zero-order chi connectivity index (χ0) is 16.1. The Kier molecular flexibility index (Phi) is 3.27. The van der Waals surface area contributed by atoms with Crippen molar-refractivity contribution in [2.75, 3.05) is 0 Å². The van der Waals surface area contributed by atoms with E-state index in [2.05, 4.69) is 11.9 Å². The van der Waals surface area contributed by atoms with Gasteiger partial charge in [-0.05, 0) is 49.8 Å². The number of amides is 1. The first kappa shape index (κ1) is 14.5. The van der Waals surface area contributed by atoms with E-state index in [-0.39, 0.29) is 0 Å². The van der Waals surface area contributed by atoms with Crippen molar-refractivity contribution in [1.29, 1.82) is 0 Å². The lowest BCUT2D eigenvalue weighted by Crippen LogP contribution is -2.16. The number of aryl methyl sites for hydroxylation is 2. The molecule has 0 saturated heterocycles. The van der Waals surface area contributed by atoms with Gasteiger partial charge in [-0.15, -0.1) is 11.3 Å². The number of pyridine rings is 1. The number of primary amides is 1. The van der Waals surface area contributed by atoms with E-state index in [9.17, 15) is 4.79 Å². The molecule has 0 aliphatic heterocycles. The van der Waals surface area contributed by atoms with E-state index in [1.807, 2.05) is 19.1 Å². The summed E-state index contributed by atoms with van der Waals surface area (Å²) in [6.07, 6.45) is 4.89. The van der Waals surface area contributed by atoms with Gasteiger partial charge >= 0.3 is 0 Å². The first-order chi connectivity index (χ1) is 11.1. The van der Waals surface area contributed by atoms with Crippen LogP contribution in [-0.4, -0.2) is 10.9 Å². The lowest BCUT2D eigenvalue weighted by Gasteiger charge is -2.18. The molecule has 4 rings (SSSR count). The standard InChI is InChI=1S/C18H18N2O2S/c1-9-5-6-11-13(8-9)23-18-15(11)16(12-4-3-7-22-12)14(17(19)21)10(2)20-18/h3-4,7,9H,5-6,8H2,1-2H3,(H2,19,21)/t9-/m1/s1. The number of carbonyl (C=O) groups is 1. The second-order valence-electron chi connectivity index (χ2n) is 6.32. The highest BCUT2D eigenvalue weighted by atomic mass is 32.1. The number of rotatable bonds is 2. The molecule has 0 radical (unpaired) electrons. The predicted molar refractivity (Wildman–Crippen MR) is 91.8 cm³/mol. The molecule has 3 aromatic rings. The number of hydrogen-bond donors (Lipinski definition) is 1. The van der Waals surface area contributed by atoms with Crippen LogP contribution in [-0.2, 0) is 12.8 Å². The minimum absolute atomic E-state index is 0.451. The van der Waals surface area contributed by atoms with E-state index < -0.39 is 5.91 Å². The van der Waals surface area contributed by atoms with Gasteiger partial charge in [0.25, 0.3) is 5.91 Å². The molecule has 4 nitrogen and oxygen atoms in total. The third kappa shape index (κ3) is 2.18. The number of thiophene rings is 1. The Morgan fingerprint density at radius 1 is 1.48 bits per heavy atom. The molecule has 0 unspecified atom stereocenters. The van der Waals surface area contributed by atoms with E-state index in [1.54, 1.807) is 17.6 Å². The molecule has 0 aromatic carbocycles. The molecule has 23 heavy (non-hydrogen) atoms. The average molecular weight is 326 g/mol. The Labute approximate surface area is 138 Å². The van der Waals surface area contributed by atoms with Crippen molar-refractivity contribution in [2.45, 2.75) is 33.1 Å². The summed E-state index contributed by atoms with van der Waals surface area (Å²) in [5.41, 5.74) is 8.95. The van der Waals surface area contributed by atoms with Crippen molar-refractivity contribution in [3.63, 3.8) is 0 Å². The Hall–Kier alpha value is -2.14. The number of nitrogens with zero attached hydrogens (tertiary/aromatic N) is 1. The van der Waals surface area contributed by atoms with Crippen LogP contribution in [0.25, 0.3) is 21.5 Å². The van der Waals surface area contributed by atoms with E-state index >= 15 is 0 Å². The van der Waals surface area contributed by atoms with Gasteiger partial charge in [0.05, 0.1) is 17.5 Å². The predicted octanol–water partition coefficient (Wildman–Crippen LogP) is 4.09. The highest BCUT2D eigenvalue weighted by Crippen LogP contribution is 2.43. The minimum Gasteiger partial charge on any atom is -0.464 e. The highest BCUT2D eigenvalue weighted by Gasteiger charge is 2.27. The average Bonchev–Trinajstić information content (AvgIpc) is 3.11. The lowest BCUT2D eigenvalue weighted by atomic mass is 9.87. The molecule has 3 aromatic heterocycles. The van der Waals surface area contributed by atoms with E-state index in [1.165, 1.54) is 10.4 Å². The summed E-state index contributed by atoms with van der Waals surface area (Å²) < 4.78 is 5.62. The summed E-state index contributed by atoms with van der Waals surface area (Å²) in [7, 11) is 0. The van der Waals surface area contributed by atoms with E-state index in [0.29, 0.717) is 22.9 Å². The van der Waals surface area contributed by atoms with E-state index in [0.717, 1.165) is 35.0 Å². The quantitative estimate of drug-likeness (QED) is 0.771. The molecular weight excluding hydrogens is 308 g/mol. The SMILES string of the molecule is Cc1nc2sc3c(c2c(-c2ccco2)c1C(N)=O)CC[C@@H](C)C3. The second-order valence-corrected chi connectivity index (χ2v) is 7.40. The molecule has 1 aliphatic rings. The van der Waals surface area contributed by atoms with Crippen LogP contribution in [0.5, 0.6) is 0 Å². The monoisotopic (exact) mass is 326 g/mol. The number of hydrogen-bond acceptors (Lipinski definition) is 4. The zero-order valence-electron chi connectivity index (χ0n) is 13.2. The Bertz CT molecular complexity index is 909. The summed E-state index contributed by atoms with van der Waals surface area (Å²) in [6, 6.07) is 3.72. The summed E-state index contributed by atoms with van der Waals surface area (Å²) in [5.74, 6) is 0.931. The van der Waals surface area contributed by atoms with Crippen molar-refractivity contribution >= 4 is 27.5 Å². The fourth-order valence-electron chi connectivity index (χ4n) is 3.56. The zero-order valence-corrected chi connectivity index (χ0v) is 14.0. The Morgan fingerprint density at radius 3 is 3.00 bits per heavy atom. The molecule has 5 heteroatoms. The van der Waals surface area contributed by atoms with Crippen LogP contribution >= 0.6 is 11.3 Å². The minimum atomic E-state index is -0.451. The summed E-state index contributed by atoms with van der Waals surface area (Å²) in [5, 5.41) is 1.06. The number of furan rings is 1. The molecule has 118 valence electrons. The number of fused-ring (bicyclic) bond motifs is 3. The van der Waals surface area contributed by atoms with Gasteiger partial charge in [-0.2, -0.15) is 0 Å². The molecule has 3 heterocycles. The first-order valence-electron chi connectivity index (χ1n) is 7.84. The molecule has 0 saturated carbocycles. The van der Waals surface area contributed by atoms with Crippen LogP contribution in [0.3, 0.4) is 0 Å². The van der Waals surface area contributed by atoms with Crippen molar-refractivity contribution in [1.82, 2.24) is 4.98 Å². The third-order valence-corrected chi connectivity index (χ3v) is 5.79. The number of aromatic nitrogens is 1. The fraction of sp³-hybridized carbons (Fsp3) is 0.333. The van der Waals surface area contributed by atoms with Gasteiger partial charge in [-0.3, -0.25) is 4.79 Å². The summed E-state index contributed by atoms with van der Waals surface area (Å²) in [4.78, 5) is 19.1. The fourth-order valence-corrected chi connectivity index (χ4v) is 4.99. The largest absolute Gasteiger partial charge is 0.464 e. The smallest absolute Gasteiger partial charge is 0.251 e. The van der Waals surface area contributed by atoms with Crippen LogP contribution < -0.4 is 5.73 Å². The maximum absolute atomic E-state index is 12.1. The Morgan fingerprint density at radius 2 is 2.30 bits per heavy atom. The topological polar surface area (TPSA) is 69.1 Å². The van der Waals surface area contributed by atoms with Crippen molar-refractivity contribution in [3.8, 4) is 11.3 Å². The normalized spacial score (nSPS) is 17.4. The molecule has 0 bridgehead atoms. The van der Waals surface area contributed by atoms with Gasteiger partial charge in [-0.25, -0.2) is 4.98 Å². The molecule has 1 amide bonds. The Balaban J connectivity index is 2.13. The van der Waals surface area contributed by atoms with Crippen LogP contribution in [0.15, 0.2) is 22.8 Å². The molecule has 0 spiro atoms. The molecule has 1 aliphatic carbocycles. The number of nitrogens with two attached hydrogens (primary N) is 1. The van der Waals surface area contributed by atoms with E-state index in [4.69, 9.17) is 10.2 Å². The van der Waals surface area contributed by atoms with Gasteiger partial charge in [0.15, 0.2) is 0 Å². The van der Waals surface area contributed by atoms with Gasteiger partial charge < -0.3 is 10.2 Å². The molecule has 1 atom stereocenters. The number of carbonyl (C=O) groups excluding carboxylic acids is 1. The first-order valence-corrected chi connectivity index (χ1v) is 8.66. The van der Waals surface area contributed by atoms with Gasteiger partial charge in [-0.1, -0.05) is 6.92 Å². The van der Waals surface area contributed by atoms with Gasteiger partial charge in [0, 0.05) is 15.8 Å². The molecule has 2 N–H and O–H groups in total. The summed E-state index contributed by atoms with van der Waals surface area (Å²) in [6.45, 7) is 4.13. The lowest BCUT2D eigenvalue weighted by molar-refractivity contribution is 0.1000. The highest BCUT2D eigenvalue weighted by molar-refractivity contribution is 7.19. The van der Waals surface area contributed by atoms with Crippen LogP contribution in [0.1, 0.15) is 39.8 Å². The van der Waals surface area contributed by atoms with Crippen molar-refractivity contribution in [2.24, 2.45) is 11.7 Å². The van der Waals surface area contributed by atoms with Crippen molar-refractivity contribution < 1.29 is 9.21 Å². The third-order valence-electron chi connectivity index (χ3n) is 4.64. The maximum Gasteiger partial charge on any atom is 0.251 e. The molecular formula is C18H18N2O2S. The summed E-state index contributed by atoms with van der Waals surface area (Å²) >= 11 is 1.74. The second kappa shape index (κ2) is 5.20.